The zero-order valence-corrected chi connectivity index (χ0v) is 14.8. The summed E-state index contributed by atoms with van der Waals surface area (Å²) in [6, 6.07) is 7.82. The first-order valence-corrected chi connectivity index (χ1v) is 10.7. The van der Waals surface area contributed by atoms with E-state index in [1.807, 2.05) is 38.1 Å². The van der Waals surface area contributed by atoms with E-state index in [4.69, 9.17) is 4.74 Å². The van der Waals surface area contributed by atoms with Crippen LogP contribution in [-0.2, 0) is 9.53 Å². The molecule has 0 aliphatic carbocycles. The molecule has 3 nitrogen and oxygen atoms in total. The minimum absolute atomic E-state index is 0.257. The summed E-state index contributed by atoms with van der Waals surface area (Å²) in [6.07, 6.45) is 0. The number of nitrogens with one attached hydrogen (secondary N) is 1. The van der Waals surface area contributed by atoms with Gasteiger partial charge in [0.25, 0.3) is 0 Å². The number of hydrogen-bond donors (Lipinski definition) is 1. The first kappa shape index (κ1) is 17.3. The molecular weight excluding hydrogens is 278 g/mol. The largest absolute Gasteiger partial charge is 0.464 e. The molecule has 1 rings (SSSR count). The number of hydrogen-bond acceptors (Lipinski definition) is 3. The second-order valence-corrected chi connectivity index (χ2v) is 11.3. The maximum Gasteiger partial charge on any atom is 0.331 e. The number of benzene rings is 1. The van der Waals surface area contributed by atoms with Crippen LogP contribution in [0.1, 0.15) is 26.3 Å². The third-order valence-electron chi connectivity index (χ3n) is 2.71. The van der Waals surface area contributed by atoms with Crippen molar-refractivity contribution in [2.45, 2.75) is 46.0 Å². The van der Waals surface area contributed by atoms with Gasteiger partial charge >= 0.3 is 5.97 Å². The summed E-state index contributed by atoms with van der Waals surface area (Å²) < 4.78 is 5.06. The van der Waals surface area contributed by atoms with E-state index in [9.17, 15) is 4.79 Å². The van der Waals surface area contributed by atoms with E-state index >= 15 is 0 Å². The van der Waals surface area contributed by atoms with Gasteiger partial charge in [-0.2, -0.15) is 0 Å². The van der Waals surface area contributed by atoms with E-state index in [0.29, 0.717) is 6.61 Å². The van der Waals surface area contributed by atoms with Crippen molar-refractivity contribution in [3.05, 3.63) is 29.8 Å². The molecule has 0 saturated carbocycles. The fraction of sp³-hybridized carbons (Fsp3) is 0.471. The van der Waals surface area contributed by atoms with Crippen LogP contribution in [0, 0.1) is 11.5 Å². The maximum absolute atomic E-state index is 11.8. The third-order valence-corrected chi connectivity index (χ3v) is 3.58. The van der Waals surface area contributed by atoms with E-state index < -0.39 is 13.6 Å². The smallest absolute Gasteiger partial charge is 0.331 e. The molecule has 0 bridgehead atoms. The van der Waals surface area contributed by atoms with E-state index in [-0.39, 0.29) is 5.97 Å². The van der Waals surface area contributed by atoms with Crippen molar-refractivity contribution < 1.29 is 9.53 Å². The Kier molecular flexibility index (Phi) is 5.62. The first-order valence-electron chi connectivity index (χ1n) is 7.23. The highest BCUT2D eigenvalue weighted by atomic mass is 28.3. The van der Waals surface area contributed by atoms with Crippen LogP contribution in [0.5, 0.6) is 0 Å². The fourth-order valence-electron chi connectivity index (χ4n) is 1.62. The maximum atomic E-state index is 11.8. The molecule has 0 aromatic heterocycles. The molecule has 0 saturated heterocycles. The molecule has 114 valence electrons. The SMILES string of the molecule is CCOC(=O)C(C)(C)Nc1ccc(C#C[Si](C)(C)C)cc1. The minimum Gasteiger partial charge on any atom is -0.464 e. The number of carbonyl (C=O) groups is 1. The molecule has 21 heavy (non-hydrogen) atoms. The molecule has 0 aliphatic rings. The van der Waals surface area contributed by atoms with Gasteiger partial charge in [-0.05, 0) is 45.0 Å². The van der Waals surface area contributed by atoms with Crippen LogP contribution in [0.15, 0.2) is 24.3 Å². The highest BCUT2D eigenvalue weighted by molar-refractivity contribution is 6.83. The standard InChI is InChI=1S/C17H25NO2Si/c1-7-20-16(19)17(2,3)18-15-10-8-14(9-11-15)12-13-21(4,5)6/h8-11,18H,7H2,1-6H3. The number of rotatable bonds is 4. The molecule has 0 atom stereocenters. The van der Waals surface area contributed by atoms with Crippen molar-refractivity contribution >= 4 is 19.7 Å². The second kappa shape index (κ2) is 6.82. The lowest BCUT2D eigenvalue weighted by Gasteiger charge is -2.25. The van der Waals surface area contributed by atoms with Gasteiger partial charge in [0, 0.05) is 11.3 Å². The number of anilines is 1. The monoisotopic (exact) mass is 303 g/mol. The van der Waals surface area contributed by atoms with Crippen LogP contribution in [0.2, 0.25) is 19.6 Å². The zero-order valence-electron chi connectivity index (χ0n) is 13.8. The van der Waals surface area contributed by atoms with Crippen LogP contribution in [-0.4, -0.2) is 26.2 Å². The predicted octanol–water partition coefficient (Wildman–Crippen LogP) is 3.67. The number of carbonyl (C=O) groups excluding carboxylic acids is 1. The Hall–Kier alpha value is -1.73. The molecule has 1 aromatic rings. The van der Waals surface area contributed by atoms with Crippen molar-refractivity contribution in [1.29, 1.82) is 0 Å². The summed E-state index contributed by atoms with van der Waals surface area (Å²) in [6.45, 7) is 12.5. The van der Waals surface area contributed by atoms with Gasteiger partial charge in [-0.15, -0.1) is 5.54 Å². The summed E-state index contributed by atoms with van der Waals surface area (Å²) in [4.78, 5) is 11.8. The average molecular weight is 303 g/mol. The number of ether oxygens (including phenoxy) is 1. The molecule has 1 N–H and O–H groups in total. The molecule has 1 aromatic carbocycles. The summed E-state index contributed by atoms with van der Waals surface area (Å²) in [7, 11) is -1.35. The molecule has 0 aliphatic heterocycles. The lowest BCUT2D eigenvalue weighted by Crippen LogP contribution is -2.41. The summed E-state index contributed by atoms with van der Waals surface area (Å²) >= 11 is 0. The van der Waals surface area contributed by atoms with Crippen LogP contribution >= 0.6 is 0 Å². The Morgan fingerprint density at radius 3 is 2.29 bits per heavy atom. The third kappa shape index (κ3) is 6.05. The summed E-state index contributed by atoms with van der Waals surface area (Å²) in [5, 5.41) is 3.19. The van der Waals surface area contributed by atoms with Crippen LogP contribution in [0.3, 0.4) is 0 Å². The molecule has 0 fully saturated rings. The summed E-state index contributed by atoms with van der Waals surface area (Å²) in [5.74, 6) is 2.95. The Balaban J connectivity index is 2.79. The quantitative estimate of drug-likeness (QED) is 0.524. The molecule has 4 heteroatoms. The van der Waals surface area contributed by atoms with Crippen molar-refractivity contribution in [3.63, 3.8) is 0 Å². The minimum atomic E-state index is -1.35. The Morgan fingerprint density at radius 2 is 1.81 bits per heavy atom. The van der Waals surface area contributed by atoms with Crippen LogP contribution < -0.4 is 5.32 Å². The van der Waals surface area contributed by atoms with Gasteiger partial charge < -0.3 is 10.1 Å². The number of esters is 1. The van der Waals surface area contributed by atoms with E-state index in [0.717, 1.165) is 11.3 Å². The normalized spacial score (nSPS) is 11.3. The van der Waals surface area contributed by atoms with Gasteiger partial charge in [0.2, 0.25) is 0 Å². The van der Waals surface area contributed by atoms with Crippen LogP contribution in [0.4, 0.5) is 5.69 Å². The topological polar surface area (TPSA) is 38.3 Å². The molecular formula is C17H25NO2Si. The lowest BCUT2D eigenvalue weighted by atomic mass is 10.1. The fourth-order valence-corrected chi connectivity index (χ4v) is 2.14. The van der Waals surface area contributed by atoms with E-state index in [2.05, 4.69) is 36.4 Å². The Labute approximate surface area is 129 Å². The highest BCUT2D eigenvalue weighted by Gasteiger charge is 2.28. The molecule has 0 radical (unpaired) electrons. The van der Waals surface area contributed by atoms with Crippen molar-refractivity contribution in [3.8, 4) is 11.5 Å². The predicted molar refractivity (Wildman–Crippen MR) is 91.0 cm³/mol. The molecule has 0 unspecified atom stereocenters. The molecule has 0 heterocycles. The Morgan fingerprint density at radius 1 is 1.24 bits per heavy atom. The first-order chi connectivity index (χ1) is 9.64. The molecule has 0 spiro atoms. The van der Waals surface area contributed by atoms with Crippen LogP contribution in [0.25, 0.3) is 0 Å². The second-order valence-electron chi connectivity index (χ2n) is 6.55. The van der Waals surface area contributed by atoms with Gasteiger partial charge in [-0.1, -0.05) is 25.6 Å². The van der Waals surface area contributed by atoms with Gasteiger partial charge in [-0.25, -0.2) is 4.79 Å². The van der Waals surface area contributed by atoms with E-state index in [1.54, 1.807) is 6.92 Å². The highest BCUT2D eigenvalue weighted by Crippen LogP contribution is 2.17. The van der Waals surface area contributed by atoms with Gasteiger partial charge in [0.15, 0.2) is 0 Å². The van der Waals surface area contributed by atoms with Crippen molar-refractivity contribution in [2.24, 2.45) is 0 Å². The molecule has 0 amide bonds. The van der Waals surface area contributed by atoms with E-state index in [1.165, 1.54) is 0 Å². The van der Waals surface area contributed by atoms with Gasteiger partial charge in [0.1, 0.15) is 13.6 Å². The van der Waals surface area contributed by atoms with Gasteiger partial charge in [-0.3, -0.25) is 0 Å². The average Bonchev–Trinajstić information content (AvgIpc) is 2.37. The lowest BCUT2D eigenvalue weighted by molar-refractivity contribution is -0.147. The van der Waals surface area contributed by atoms with Crippen molar-refractivity contribution in [1.82, 2.24) is 0 Å². The zero-order chi connectivity index (χ0) is 16.1. The Bertz CT molecular complexity index is 545. The summed E-state index contributed by atoms with van der Waals surface area (Å²) in [5.41, 5.74) is 4.46. The van der Waals surface area contributed by atoms with Gasteiger partial charge in [0.05, 0.1) is 6.61 Å². The van der Waals surface area contributed by atoms with Crippen molar-refractivity contribution in [2.75, 3.05) is 11.9 Å².